The summed E-state index contributed by atoms with van der Waals surface area (Å²) in [6.45, 7) is 0.417. The molecule has 1 aromatic heterocycles. The molecule has 4 amide bonds. The molecule has 3 atom stereocenters. The van der Waals surface area contributed by atoms with Crippen LogP contribution in [0.3, 0.4) is 0 Å². The van der Waals surface area contributed by atoms with Crippen molar-refractivity contribution in [3.8, 4) is 0 Å². The molecule has 0 bridgehead atoms. The van der Waals surface area contributed by atoms with E-state index < -0.39 is 72.1 Å². The van der Waals surface area contributed by atoms with Gasteiger partial charge in [0, 0.05) is 29.4 Å². The van der Waals surface area contributed by atoms with Crippen LogP contribution in [0.5, 0.6) is 0 Å². The highest BCUT2D eigenvalue weighted by atomic mass is 35.5. The van der Waals surface area contributed by atoms with Crippen LogP contribution >= 0.6 is 11.6 Å². The van der Waals surface area contributed by atoms with Crippen LogP contribution in [0.4, 0.5) is 22.0 Å². The van der Waals surface area contributed by atoms with Gasteiger partial charge in [0.15, 0.2) is 0 Å². The summed E-state index contributed by atoms with van der Waals surface area (Å²) in [6.07, 6.45) is -2.39. The molecule has 2 aromatic carbocycles. The number of alkyl halides is 5. The maximum absolute atomic E-state index is 14.8. The van der Waals surface area contributed by atoms with Crippen LogP contribution in [0.25, 0.3) is 0 Å². The van der Waals surface area contributed by atoms with E-state index in [1.807, 2.05) is 0 Å². The van der Waals surface area contributed by atoms with Crippen LogP contribution in [0, 0.1) is 5.92 Å². The Morgan fingerprint density at radius 2 is 1.46 bits per heavy atom. The van der Waals surface area contributed by atoms with Gasteiger partial charge < -0.3 is 21.3 Å². The summed E-state index contributed by atoms with van der Waals surface area (Å²) in [7, 11) is 0. The molecule has 3 aromatic rings. The normalized spacial score (nSPS) is 13.5. The Kier molecular flexibility index (Phi) is 12.7. The third kappa shape index (κ3) is 10.6. The molecule has 1 heterocycles. The van der Waals surface area contributed by atoms with Crippen LogP contribution < -0.4 is 21.3 Å². The topological polar surface area (TPSA) is 146 Å². The summed E-state index contributed by atoms with van der Waals surface area (Å²) in [5.74, 6) is -13.4. The zero-order valence-electron chi connectivity index (χ0n) is 25.5. The summed E-state index contributed by atoms with van der Waals surface area (Å²) in [5.41, 5.74) is 0.856. The number of Topliss-reactive ketones (excluding diaryl/α,β-unsaturated/α-hetero) is 1. The molecule has 0 spiro atoms. The summed E-state index contributed by atoms with van der Waals surface area (Å²) < 4.78 is 67.1. The number of rotatable bonds is 14. The number of nitrogens with zero attached hydrogens (tertiary/aromatic N) is 1. The third-order valence-corrected chi connectivity index (χ3v) is 7.10. The van der Waals surface area contributed by atoms with Crippen molar-refractivity contribution in [2.45, 2.75) is 50.5 Å². The van der Waals surface area contributed by atoms with Crippen molar-refractivity contribution < 1.29 is 45.9 Å². The molecule has 0 fully saturated rings. The first-order valence-electron chi connectivity index (χ1n) is 14.4. The first-order chi connectivity index (χ1) is 22.5. The van der Waals surface area contributed by atoms with Crippen LogP contribution in [-0.2, 0) is 25.6 Å². The molecule has 0 radical (unpaired) electrons. The van der Waals surface area contributed by atoms with E-state index in [2.05, 4.69) is 20.9 Å². The quantitative estimate of drug-likeness (QED) is 0.148. The zero-order chi connectivity index (χ0) is 35.6. The highest BCUT2D eigenvalue weighted by Gasteiger charge is 2.52. The van der Waals surface area contributed by atoms with Crippen molar-refractivity contribution >= 4 is 41.0 Å². The highest BCUT2D eigenvalue weighted by Crippen LogP contribution is 2.23. The van der Waals surface area contributed by atoms with E-state index in [0.717, 1.165) is 5.32 Å². The molecular weight excluding hydrogens is 665 g/mol. The van der Waals surface area contributed by atoms with E-state index in [1.165, 1.54) is 62.6 Å². The number of halogens is 6. The van der Waals surface area contributed by atoms with Gasteiger partial charge in [-0.25, -0.2) is 0 Å². The van der Waals surface area contributed by atoms with Gasteiger partial charge in [-0.1, -0.05) is 67.9 Å². The Balaban J connectivity index is 1.90. The Bertz CT molecular complexity index is 1610. The first kappa shape index (κ1) is 37.5. The van der Waals surface area contributed by atoms with E-state index in [-0.39, 0.29) is 17.5 Å². The number of ketones is 1. The number of carbonyl (C=O) groups is 5. The summed E-state index contributed by atoms with van der Waals surface area (Å²) in [5, 5.41) is 8.54. The molecule has 10 nitrogen and oxygen atoms in total. The molecule has 0 saturated carbocycles. The molecule has 0 aliphatic rings. The fraction of sp³-hybridized carbons (Fsp3) is 0.312. The Hall–Kier alpha value is -4.92. The number of carbonyl (C=O) groups excluding carboxylic acids is 5. The fourth-order valence-corrected chi connectivity index (χ4v) is 4.63. The van der Waals surface area contributed by atoms with Crippen molar-refractivity contribution in [2.75, 3.05) is 6.54 Å². The highest BCUT2D eigenvalue weighted by molar-refractivity contribution is 6.30. The van der Waals surface area contributed by atoms with Gasteiger partial charge in [0.25, 0.3) is 11.8 Å². The number of amides is 4. The second kappa shape index (κ2) is 16.3. The average Bonchev–Trinajstić information content (AvgIpc) is 3.04. The van der Waals surface area contributed by atoms with Gasteiger partial charge in [0.2, 0.25) is 17.6 Å². The molecule has 48 heavy (non-hydrogen) atoms. The van der Waals surface area contributed by atoms with E-state index >= 15 is 0 Å². The minimum absolute atomic E-state index is 0.0985. The SMILES string of the molecule is CC(C)C(NC(=O)C(NC(=O)C(Cc1cccc(Cl)c1)NC(=O)c1ccncc1)c1ccccc1)C(=O)C(F)(F)C(=O)NCC(F)(F)F. The molecule has 0 aliphatic carbocycles. The van der Waals surface area contributed by atoms with Gasteiger partial charge in [-0.3, -0.25) is 29.0 Å². The van der Waals surface area contributed by atoms with Crippen molar-refractivity contribution in [3.05, 3.63) is 101 Å². The Morgan fingerprint density at radius 1 is 0.812 bits per heavy atom. The molecule has 0 aliphatic heterocycles. The maximum Gasteiger partial charge on any atom is 0.405 e. The predicted octanol–water partition coefficient (Wildman–Crippen LogP) is 3.96. The number of nitrogens with one attached hydrogen (secondary N) is 4. The lowest BCUT2D eigenvalue weighted by Gasteiger charge is -2.28. The third-order valence-electron chi connectivity index (χ3n) is 6.87. The second-order valence-electron chi connectivity index (χ2n) is 10.9. The second-order valence-corrected chi connectivity index (χ2v) is 11.4. The number of benzene rings is 2. The monoisotopic (exact) mass is 695 g/mol. The van der Waals surface area contributed by atoms with E-state index in [4.69, 9.17) is 11.6 Å². The minimum Gasteiger partial charge on any atom is -0.344 e. The smallest absolute Gasteiger partial charge is 0.344 e. The molecular formula is C32H31ClF5N5O5. The van der Waals surface area contributed by atoms with Crippen LogP contribution in [0.15, 0.2) is 79.1 Å². The largest absolute Gasteiger partial charge is 0.405 e. The number of hydrogen-bond donors (Lipinski definition) is 4. The van der Waals surface area contributed by atoms with E-state index in [0.29, 0.717) is 10.6 Å². The summed E-state index contributed by atoms with van der Waals surface area (Å²) in [6, 6.07) is 11.7. The number of hydrogen-bond acceptors (Lipinski definition) is 6. The van der Waals surface area contributed by atoms with Crippen molar-refractivity contribution in [3.63, 3.8) is 0 Å². The Labute approximate surface area is 276 Å². The average molecular weight is 696 g/mol. The lowest BCUT2D eigenvalue weighted by molar-refractivity contribution is -0.165. The molecule has 3 unspecified atom stereocenters. The summed E-state index contributed by atoms with van der Waals surface area (Å²) >= 11 is 6.10. The van der Waals surface area contributed by atoms with Gasteiger partial charge in [-0.05, 0) is 41.3 Å². The van der Waals surface area contributed by atoms with Gasteiger partial charge in [0.1, 0.15) is 18.6 Å². The maximum atomic E-state index is 14.8. The van der Waals surface area contributed by atoms with Gasteiger partial charge >= 0.3 is 12.1 Å². The standard InChI is InChI=1S/C32H31ClF5N5O5/c1-18(2)24(26(44)32(37,38)30(48)40-17-31(34,35)36)42-29(47)25(20-8-4-3-5-9-20)43-28(46)23(16-19-7-6-10-22(33)15-19)41-27(45)21-11-13-39-14-12-21/h3-15,18,23-25H,16-17H2,1-2H3,(H,40,48)(H,41,45)(H,42,47)(H,43,46). The Morgan fingerprint density at radius 3 is 2.04 bits per heavy atom. The van der Waals surface area contributed by atoms with Gasteiger partial charge in [-0.15, -0.1) is 0 Å². The number of pyridine rings is 1. The molecule has 3 rings (SSSR count). The lowest BCUT2D eigenvalue weighted by Crippen LogP contribution is -2.58. The fourth-order valence-electron chi connectivity index (χ4n) is 4.41. The molecule has 4 N–H and O–H groups in total. The van der Waals surface area contributed by atoms with Crippen molar-refractivity contribution in [2.24, 2.45) is 5.92 Å². The van der Waals surface area contributed by atoms with Crippen molar-refractivity contribution in [1.82, 2.24) is 26.3 Å². The summed E-state index contributed by atoms with van der Waals surface area (Å²) in [4.78, 5) is 69.0. The van der Waals surface area contributed by atoms with Crippen molar-refractivity contribution in [1.29, 1.82) is 0 Å². The molecule has 256 valence electrons. The first-order valence-corrected chi connectivity index (χ1v) is 14.8. The minimum atomic E-state index is -5.02. The van der Waals surface area contributed by atoms with Gasteiger partial charge in [-0.2, -0.15) is 22.0 Å². The van der Waals surface area contributed by atoms with E-state index in [9.17, 15) is 45.9 Å². The van der Waals surface area contributed by atoms with Gasteiger partial charge in [0.05, 0.1) is 6.04 Å². The molecule has 16 heteroatoms. The molecule has 0 saturated heterocycles. The predicted molar refractivity (Wildman–Crippen MR) is 164 cm³/mol. The van der Waals surface area contributed by atoms with E-state index in [1.54, 1.807) is 30.3 Å². The zero-order valence-corrected chi connectivity index (χ0v) is 26.2. The lowest BCUT2D eigenvalue weighted by atomic mass is 9.94. The van der Waals surface area contributed by atoms with Crippen LogP contribution in [0.2, 0.25) is 5.02 Å². The van der Waals surface area contributed by atoms with Crippen LogP contribution in [0.1, 0.15) is 41.4 Å². The number of aromatic nitrogens is 1. The van der Waals surface area contributed by atoms with Crippen LogP contribution in [-0.4, -0.2) is 65.1 Å².